The fourth-order valence-corrected chi connectivity index (χ4v) is 5.44. The van der Waals surface area contributed by atoms with Crippen molar-refractivity contribution in [2.75, 3.05) is 33.2 Å². The molecule has 1 fully saturated rings. The van der Waals surface area contributed by atoms with Gasteiger partial charge in [-0.1, -0.05) is 44.2 Å². The number of carbonyl (C=O) groups is 1. The summed E-state index contributed by atoms with van der Waals surface area (Å²) >= 11 is 1.70. The van der Waals surface area contributed by atoms with Crippen molar-refractivity contribution < 1.29 is 9.53 Å². The number of benzene rings is 2. The summed E-state index contributed by atoms with van der Waals surface area (Å²) in [5, 5.41) is 0. The van der Waals surface area contributed by atoms with E-state index in [9.17, 15) is 4.79 Å². The summed E-state index contributed by atoms with van der Waals surface area (Å²) in [4.78, 5) is 19.1. The van der Waals surface area contributed by atoms with Gasteiger partial charge in [0, 0.05) is 25.0 Å². The second-order valence-corrected chi connectivity index (χ2v) is 10.5. The molecule has 0 saturated heterocycles. The standard InChI is InChI=1S/C28H39N3O2S/c1-4-17-31(5-2)20-25(22-9-7-6-8-10-22)30(3)28(32)27-15-13-23-18-24(14-16-26(23)33-27)34-29-19-21-11-12-21/h6-10,14,16,18,21,25,27,29H,4-5,11-13,15,17,19-20H2,1-3H3/t25?,27-/m0/s1. The zero-order chi connectivity index (χ0) is 23.9. The van der Waals surface area contributed by atoms with Gasteiger partial charge in [-0.25, -0.2) is 0 Å². The molecular formula is C28H39N3O2S. The van der Waals surface area contributed by atoms with Crippen molar-refractivity contribution in [2.45, 2.75) is 63.0 Å². The number of likely N-dealkylation sites (N-methyl/N-ethyl adjacent to an activating group) is 2. The van der Waals surface area contributed by atoms with Crippen LogP contribution in [0.5, 0.6) is 5.75 Å². The maximum absolute atomic E-state index is 13.6. The number of ether oxygens (including phenoxy) is 1. The molecule has 1 unspecified atom stereocenters. The molecule has 0 bridgehead atoms. The van der Waals surface area contributed by atoms with Crippen molar-refractivity contribution in [3.05, 3.63) is 59.7 Å². The maximum Gasteiger partial charge on any atom is 0.263 e. The van der Waals surface area contributed by atoms with Crippen LogP contribution in [0.3, 0.4) is 0 Å². The number of rotatable bonds is 12. The highest BCUT2D eigenvalue weighted by Gasteiger charge is 2.33. The SMILES string of the molecule is CCCN(CC)CC(c1ccccc1)N(C)C(=O)[C@@H]1CCc2cc(SNCC3CC3)ccc2O1. The minimum atomic E-state index is -0.434. The molecule has 2 aromatic carbocycles. The lowest BCUT2D eigenvalue weighted by Crippen LogP contribution is -2.46. The summed E-state index contributed by atoms with van der Waals surface area (Å²) in [5.41, 5.74) is 2.37. The number of aryl methyl sites for hydroxylation is 1. The van der Waals surface area contributed by atoms with Gasteiger partial charge in [0.05, 0.1) is 6.04 Å². The number of nitrogens with one attached hydrogen (secondary N) is 1. The molecule has 0 aromatic heterocycles. The summed E-state index contributed by atoms with van der Waals surface area (Å²) in [5.74, 6) is 1.78. The summed E-state index contributed by atoms with van der Waals surface area (Å²) in [6, 6.07) is 16.7. The molecule has 2 aromatic rings. The smallest absolute Gasteiger partial charge is 0.263 e. The Kier molecular flexibility index (Phi) is 8.92. The van der Waals surface area contributed by atoms with Crippen LogP contribution in [0.2, 0.25) is 0 Å². The van der Waals surface area contributed by atoms with Gasteiger partial charge in [-0.3, -0.25) is 9.52 Å². The van der Waals surface area contributed by atoms with Gasteiger partial charge >= 0.3 is 0 Å². The van der Waals surface area contributed by atoms with E-state index in [4.69, 9.17) is 4.74 Å². The van der Waals surface area contributed by atoms with Gasteiger partial charge in [0.2, 0.25) is 0 Å². The van der Waals surface area contributed by atoms with Gasteiger partial charge in [0.15, 0.2) is 6.10 Å². The van der Waals surface area contributed by atoms with E-state index in [0.29, 0.717) is 6.42 Å². The lowest BCUT2D eigenvalue weighted by Gasteiger charge is -2.36. The lowest BCUT2D eigenvalue weighted by atomic mass is 9.99. The molecular weight excluding hydrogens is 442 g/mol. The molecule has 0 radical (unpaired) electrons. The maximum atomic E-state index is 13.6. The monoisotopic (exact) mass is 481 g/mol. The Labute approximate surface area is 209 Å². The predicted molar refractivity (Wildman–Crippen MR) is 140 cm³/mol. The minimum absolute atomic E-state index is 0.00140. The molecule has 5 nitrogen and oxygen atoms in total. The molecule has 34 heavy (non-hydrogen) atoms. The van der Waals surface area contributed by atoms with Crippen LogP contribution in [-0.4, -0.2) is 55.0 Å². The molecule has 1 N–H and O–H groups in total. The molecule has 184 valence electrons. The molecule has 2 atom stereocenters. The van der Waals surface area contributed by atoms with Crippen molar-refractivity contribution in [3.8, 4) is 5.75 Å². The quantitative estimate of drug-likeness (QED) is 0.416. The molecule has 2 aliphatic rings. The van der Waals surface area contributed by atoms with E-state index in [2.05, 4.69) is 59.9 Å². The first kappa shape index (κ1) is 25.1. The number of hydrogen-bond acceptors (Lipinski definition) is 5. The fraction of sp³-hybridized carbons (Fsp3) is 0.536. The Morgan fingerprint density at radius 1 is 1.15 bits per heavy atom. The van der Waals surface area contributed by atoms with Gasteiger partial charge in [0.1, 0.15) is 5.75 Å². The highest BCUT2D eigenvalue weighted by Crippen LogP contribution is 2.33. The van der Waals surface area contributed by atoms with E-state index < -0.39 is 6.10 Å². The van der Waals surface area contributed by atoms with Gasteiger partial charge < -0.3 is 14.5 Å². The summed E-state index contributed by atoms with van der Waals surface area (Å²) in [6.45, 7) is 8.31. The average Bonchev–Trinajstić information content (AvgIpc) is 3.70. The molecule has 1 heterocycles. The first-order valence-corrected chi connectivity index (χ1v) is 13.6. The Morgan fingerprint density at radius 3 is 2.65 bits per heavy atom. The van der Waals surface area contributed by atoms with Crippen molar-refractivity contribution in [2.24, 2.45) is 5.92 Å². The van der Waals surface area contributed by atoms with E-state index >= 15 is 0 Å². The van der Waals surface area contributed by atoms with Gasteiger partial charge in [-0.05, 0) is 92.4 Å². The second kappa shape index (κ2) is 12.1. The van der Waals surface area contributed by atoms with E-state index in [0.717, 1.165) is 50.7 Å². The van der Waals surface area contributed by atoms with E-state index in [-0.39, 0.29) is 11.9 Å². The largest absolute Gasteiger partial charge is 0.480 e. The number of hydrogen-bond donors (Lipinski definition) is 1. The van der Waals surface area contributed by atoms with Gasteiger partial charge in [0.25, 0.3) is 5.91 Å². The highest BCUT2D eigenvalue weighted by atomic mass is 32.2. The van der Waals surface area contributed by atoms with Crippen LogP contribution in [-0.2, 0) is 11.2 Å². The van der Waals surface area contributed by atoms with Gasteiger partial charge in [-0.2, -0.15) is 0 Å². The Bertz CT molecular complexity index is 935. The minimum Gasteiger partial charge on any atom is -0.480 e. The van der Waals surface area contributed by atoms with Crippen molar-refractivity contribution in [3.63, 3.8) is 0 Å². The van der Waals surface area contributed by atoms with Crippen LogP contribution in [0.25, 0.3) is 0 Å². The first-order valence-electron chi connectivity index (χ1n) is 12.8. The molecule has 1 amide bonds. The molecule has 0 spiro atoms. The number of carbonyl (C=O) groups excluding carboxylic acids is 1. The number of fused-ring (bicyclic) bond motifs is 1. The highest BCUT2D eigenvalue weighted by molar-refractivity contribution is 7.97. The van der Waals surface area contributed by atoms with Crippen LogP contribution in [0.15, 0.2) is 53.4 Å². The van der Waals surface area contributed by atoms with Crippen LogP contribution in [0.4, 0.5) is 0 Å². The zero-order valence-electron chi connectivity index (χ0n) is 20.8. The van der Waals surface area contributed by atoms with Crippen LogP contribution in [0, 0.1) is 5.92 Å². The molecule has 1 aliphatic carbocycles. The van der Waals surface area contributed by atoms with Gasteiger partial charge in [-0.15, -0.1) is 0 Å². The molecule has 1 saturated carbocycles. The van der Waals surface area contributed by atoms with Crippen molar-refractivity contribution >= 4 is 17.9 Å². The topological polar surface area (TPSA) is 44.8 Å². The third kappa shape index (κ3) is 6.55. The predicted octanol–water partition coefficient (Wildman–Crippen LogP) is 5.32. The third-order valence-corrected chi connectivity index (χ3v) is 7.73. The second-order valence-electron chi connectivity index (χ2n) is 9.58. The fourth-order valence-electron chi connectivity index (χ4n) is 4.61. The Morgan fingerprint density at radius 2 is 1.94 bits per heavy atom. The van der Waals surface area contributed by atoms with E-state index in [1.807, 2.05) is 24.1 Å². The van der Waals surface area contributed by atoms with Crippen LogP contribution >= 0.6 is 11.9 Å². The van der Waals surface area contributed by atoms with E-state index in [1.54, 1.807) is 11.9 Å². The number of amides is 1. The lowest BCUT2D eigenvalue weighted by molar-refractivity contribution is -0.140. The van der Waals surface area contributed by atoms with Crippen molar-refractivity contribution in [1.29, 1.82) is 0 Å². The zero-order valence-corrected chi connectivity index (χ0v) is 21.7. The van der Waals surface area contributed by atoms with Crippen LogP contribution < -0.4 is 9.46 Å². The number of nitrogens with zero attached hydrogens (tertiary/aromatic N) is 2. The normalized spacial score (nSPS) is 18.3. The molecule has 4 rings (SSSR count). The third-order valence-electron chi connectivity index (χ3n) is 6.93. The van der Waals surface area contributed by atoms with Crippen molar-refractivity contribution in [1.82, 2.24) is 14.5 Å². The summed E-state index contributed by atoms with van der Waals surface area (Å²) < 4.78 is 9.73. The van der Waals surface area contributed by atoms with E-state index in [1.165, 1.54) is 28.9 Å². The molecule has 1 aliphatic heterocycles. The Hall–Kier alpha value is -2.02. The first-order chi connectivity index (χ1) is 16.6. The summed E-state index contributed by atoms with van der Waals surface area (Å²) in [7, 11) is 1.93. The Balaban J connectivity index is 1.42. The average molecular weight is 482 g/mol. The molecule has 6 heteroatoms. The van der Waals surface area contributed by atoms with Crippen LogP contribution in [0.1, 0.15) is 56.7 Å². The summed E-state index contributed by atoms with van der Waals surface area (Å²) in [6.07, 6.45) is 4.96.